The highest BCUT2D eigenvalue weighted by Gasteiger charge is 2.51. The summed E-state index contributed by atoms with van der Waals surface area (Å²) in [5.74, 6) is -2.27. The van der Waals surface area contributed by atoms with E-state index in [1.807, 2.05) is 0 Å². The molecule has 3 fully saturated rings. The fourth-order valence-electron chi connectivity index (χ4n) is 6.86. The molecule has 0 bridgehead atoms. The molecule has 0 aromatic heterocycles. The van der Waals surface area contributed by atoms with Gasteiger partial charge >= 0.3 is 24.5 Å². The summed E-state index contributed by atoms with van der Waals surface area (Å²) in [6.45, 7) is 3.09. The van der Waals surface area contributed by atoms with Crippen molar-refractivity contribution in [1.29, 1.82) is 0 Å². The number of hydrogen-bond donors (Lipinski definition) is 0. The quantitative estimate of drug-likeness (QED) is 0.326. The molecule has 2 atom stereocenters. The van der Waals surface area contributed by atoms with E-state index < -0.39 is 82.5 Å². The fourth-order valence-corrected chi connectivity index (χ4v) is 6.86. The van der Waals surface area contributed by atoms with E-state index in [0.717, 1.165) is 16.8 Å². The lowest BCUT2D eigenvalue weighted by Gasteiger charge is -2.34. The maximum absolute atomic E-state index is 13.8. The molecule has 2 saturated heterocycles. The molecular formula is C33H35F7N4O5. The van der Waals surface area contributed by atoms with Gasteiger partial charge in [0.05, 0.1) is 17.2 Å². The molecule has 2 heterocycles. The summed E-state index contributed by atoms with van der Waals surface area (Å²) in [5.41, 5.74) is -4.50. The number of carbonyl (C=O) groups is 4. The number of halogens is 7. The number of benzene rings is 2. The summed E-state index contributed by atoms with van der Waals surface area (Å²) in [6.07, 6.45) is -9.51. The van der Waals surface area contributed by atoms with Crippen LogP contribution in [0.3, 0.4) is 0 Å². The first-order valence-electron chi connectivity index (χ1n) is 15.6. The van der Waals surface area contributed by atoms with Gasteiger partial charge in [-0.2, -0.15) is 26.3 Å². The van der Waals surface area contributed by atoms with Crippen molar-refractivity contribution in [3.8, 4) is 0 Å². The minimum Gasteiger partial charge on any atom is -0.433 e. The number of nitrogens with zero attached hydrogens (tertiary/aromatic N) is 4. The van der Waals surface area contributed by atoms with Gasteiger partial charge in [-0.3, -0.25) is 14.5 Å². The normalized spacial score (nSPS) is 24.2. The smallest absolute Gasteiger partial charge is 0.417 e. The maximum Gasteiger partial charge on any atom is 0.417 e. The topological polar surface area (TPSA) is 90.5 Å². The predicted octanol–water partition coefficient (Wildman–Crippen LogP) is 6.66. The Morgan fingerprint density at radius 2 is 1.41 bits per heavy atom. The molecule has 0 unspecified atom stereocenters. The lowest BCUT2D eigenvalue weighted by Crippen LogP contribution is -2.48. The van der Waals surface area contributed by atoms with Crippen LogP contribution in [-0.4, -0.2) is 83.5 Å². The Bertz CT molecular complexity index is 1590. The van der Waals surface area contributed by atoms with Gasteiger partial charge < -0.3 is 14.5 Å². The van der Waals surface area contributed by atoms with Crippen LogP contribution >= 0.6 is 0 Å². The van der Waals surface area contributed by atoms with Crippen LogP contribution in [0.4, 0.5) is 46.0 Å². The molecule has 0 N–H and O–H groups in total. The highest BCUT2D eigenvalue weighted by atomic mass is 19.4. The molecular weight excluding hydrogens is 665 g/mol. The van der Waals surface area contributed by atoms with E-state index in [2.05, 4.69) is 0 Å². The molecule has 9 nitrogen and oxygen atoms in total. The number of alkyl halides is 6. The molecule has 5 amide bonds. The van der Waals surface area contributed by atoms with Gasteiger partial charge in [-0.1, -0.05) is 12.1 Å². The van der Waals surface area contributed by atoms with Crippen molar-refractivity contribution < 1.29 is 54.6 Å². The Morgan fingerprint density at radius 1 is 0.857 bits per heavy atom. The zero-order valence-corrected chi connectivity index (χ0v) is 27.1. The van der Waals surface area contributed by atoms with Crippen molar-refractivity contribution in [1.82, 2.24) is 14.7 Å². The summed E-state index contributed by atoms with van der Waals surface area (Å²) >= 11 is 0. The van der Waals surface area contributed by atoms with E-state index in [1.54, 1.807) is 0 Å². The van der Waals surface area contributed by atoms with E-state index >= 15 is 0 Å². The monoisotopic (exact) mass is 700 g/mol. The van der Waals surface area contributed by atoms with E-state index in [4.69, 9.17) is 4.74 Å². The Balaban J connectivity index is 1.35. The highest BCUT2D eigenvalue weighted by Crippen LogP contribution is 2.40. The lowest BCUT2D eigenvalue weighted by atomic mass is 9.84. The molecule has 49 heavy (non-hydrogen) atoms. The van der Waals surface area contributed by atoms with Gasteiger partial charge in [0.2, 0.25) is 5.91 Å². The average molecular weight is 701 g/mol. The SMILES string of the molecule is CN(C(=O)N(C)[C@@H]1CN(C(=O)C2CCC(N3C(=O)OC(C)(C)C3=O)CC2)C[C@H]1c1ccc(F)cc1)c1cc(C(F)(F)F)cc(C(F)(F)F)c1. The molecule has 2 aliphatic heterocycles. The van der Waals surface area contributed by atoms with Crippen LogP contribution < -0.4 is 4.90 Å². The molecule has 2 aromatic carbocycles. The second-order valence-corrected chi connectivity index (χ2v) is 13.2. The lowest BCUT2D eigenvalue weighted by molar-refractivity contribution is -0.143. The molecule has 0 spiro atoms. The molecule has 5 rings (SSSR count). The van der Waals surface area contributed by atoms with Crippen LogP contribution in [0.25, 0.3) is 0 Å². The Kier molecular flexibility index (Phi) is 9.40. The van der Waals surface area contributed by atoms with E-state index in [-0.39, 0.29) is 25.1 Å². The zero-order chi connectivity index (χ0) is 36.2. The molecule has 1 saturated carbocycles. The number of imide groups is 1. The molecule has 16 heteroatoms. The maximum atomic E-state index is 13.8. The second kappa shape index (κ2) is 12.8. The third kappa shape index (κ3) is 7.18. The standard InChI is InChI=1S/C33H35F7N4O5/c1-31(2)28(46)44(30(48)49-31)23-11-7-19(8-12-23)27(45)43-16-25(18-5-9-22(34)10-6-18)26(17-43)42(4)29(47)41(3)24-14-20(32(35,36)37)13-21(15-24)33(38,39)40/h5-6,9-10,13-15,19,23,25-26H,7-8,11-12,16-17H2,1-4H3/t19?,23?,25-,26+/m0/s1. The van der Waals surface area contributed by atoms with Crippen molar-refractivity contribution in [2.45, 2.75) is 75.5 Å². The van der Waals surface area contributed by atoms with Crippen molar-refractivity contribution in [2.24, 2.45) is 5.92 Å². The number of amides is 5. The third-order valence-corrected chi connectivity index (χ3v) is 9.63. The van der Waals surface area contributed by atoms with Gasteiger partial charge in [0.25, 0.3) is 5.91 Å². The number of hydrogen-bond acceptors (Lipinski definition) is 5. The Hall–Kier alpha value is -4.37. The van der Waals surface area contributed by atoms with Crippen molar-refractivity contribution in [3.63, 3.8) is 0 Å². The van der Waals surface area contributed by atoms with Crippen LogP contribution in [0.1, 0.15) is 62.1 Å². The van der Waals surface area contributed by atoms with E-state index in [9.17, 15) is 49.9 Å². The van der Waals surface area contributed by atoms with Crippen LogP contribution in [0.2, 0.25) is 0 Å². The number of rotatable bonds is 5. The molecule has 0 radical (unpaired) electrons. The van der Waals surface area contributed by atoms with Crippen molar-refractivity contribution >= 4 is 29.6 Å². The summed E-state index contributed by atoms with van der Waals surface area (Å²) < 4.78 is 100. The van der Waals surface area contributed by atoms with Crippen LogP contribution in [0, 0.1) is 11.7 Å². The number of likely N-dealkylation sites (tertiary alicyclic amines) is 1. The first-order valence-corrected chi connectivity index (χ1v) is 15.6. The number of cyclic esters (lactones) is 1. The van der Waals surface area contributed by atoms with E-state index in [0.29, 0.717) is 48.3 Å². The minimum atomic E-state index is -5.12. The highest BCUT2D eigenvalue weighted by molar-refractivity contribution is 6.02. The average Bonchev–Trinajstić information content (AvgIpc) is 3.56. The molecule has 3 aliphatic rings. The number of likely N-dealkylation sites (N-methyl/N-ethyl adjacent to an activating group) is 1. The first kappa shape index (κ1) is 35.9. The van der Waals surface area contributed by atoms with Gasteiger partial charge in [-0.05, 0) is 75.4 Å². The van der Waals surface area contributed by atoms with Gasteiger partial charge in [-0.15, -0.1) is 0 Å². The fraction of sp³-hybridized carbons (Fsp3) is 0.515. The summed E-state index contributed by atoms with van der Waals surface area (Å²) in [7, 11) is 2.39. The minimum absolute atomic E-state index is 0.0155. The Morgan fingerprint density at radius 3 is 1.90 bits per heavy atom. The van der Waals surface area contributed by atoms with Gasteiger partial charge in [0.1, 0.15) is 5.82 Å². The van der Waals surface area contributed by atoms with Crippen molar-refractivity contribution in [3.05, 3.63) is 65.0 Å². The second-order valence-electron chi connectivity index (χ2n) is 13.2. The zero-order valence-electron chi connectivity index (χ0n) is 27.1. The van der Waals surface area contributed by atoms with Gasteiger partial charge in [-0.25, -0.2) is 18.9 Å². The number of urea groups is 1. The van der Waals surface area contributed by atoms with E-state index in [1.165, 1.54) is 50.1 Å². The van der Waals surface area contributed by atoms with Gasteiger partial charge in [0.15, 0.2) is 5.60 Å². The summed E-state index contributed by atoms with van der Waals surface area (Å²) in [6, 6.07) is 4.13. The third-order valence-electron chi connectivity index (χ3n) is 9.63. The molecule has 1 aliphatic carbocycles. The number of carbonyl (C=O) groups excluding carboxylic acids is 4. The number of anilines is 1. The van der Waals surface area contributed by atoms with Gasteiger partial charge in [0, 0.05) is 50.7 Å². The summed E-state index contributed by atoms with van der Waals surface area (Å²) in [5, 5.41) is 0. The summed E-state index contributed by atoms with van der Waals surface area (Å²) in [4.78, 5) is 57.1. The molecule has 266 valence electrons. The van der Waals surface area contributed by atoms with Crippen LogP contribution in [0.15, 0.2) is 42.5 Å². The van der Waals surface area contributed by atoms with Crippen LogP contribution in [-0.2, 0) is 26.7 Å². The predicted molar refractivity (Wildman–Crippen MR) is 161 cm³/mol. The first-order chi connectivity index (χ1) is 22.7. The largest absolute Gasteiger partial charge is 0.433 e. The number of ether oxygens (including phenoxy) is 1. The van der Waals surface area contributed by atoms with Crippen molar-refractivity contribution in [2.75, 3.05) is 32.1 Å². The molecule has 2 aromatic rings. The Labute approximate surface area is 277 Å². The van der Waals surface area contributed by atoms with Crippen LogP contribution in [0.5, 0.6) is 0 Å².